The molecule has 1 fully saturated rings. The van der Waals surface area contributed by atoms with Gasteiger partial charge in [0.15, 0.2) is 0 Å². The number of amides is 3. The third-order valence-electron chi connectivity index (χ3n) is 5.14. The van der Waals surface area contributed by atoms with E-state index in [1.807, 2.05) is 54.6 Å². The van der Waals surface area contributed by atoms with Crippen molar-refractivity contribution in [1.82, 2.24) is 10.2 Å². The van der Waals surface area contributed by atoms with Gasteiger partial charge in [-0.25, -0.2) is 4.79 Å². The van der Waals surface area contributed by atoms with Crippen LogP contribution in [0.1, 0.15) is 23.6 Å². The Bertz CT molecular complexity index is 1140. The molecule has 1 saturated heterocycles. The molecule has 148 valence electrons. The molecule has 3 aromatic carbocycles. The number of carbonyl (C=O) groups is 2. The molecule has 0 saturated carbocycles. The molecule has 0 bridgehead atoms. The zero-order chi connectivity index (χ0) is 21.1. The van der Waals surface area contributed by atoms with Gasteiger partial charge in [-0.05, 0) is 42.8 Å². The van der Waals surface area contributed by atoms with Gasteiger partial charge in [0.2, 0.25) is 0 Å². The summed E-state index contributed by atoms with van der Waals surface area (Å²) in [5, 5.41) is 11.8. The van der Waals surface area contributed by atoms with Crippen molar-refractivity contribution in [3.8, 4) is 17.6 Å². The van der Waals surface area contributed by atoms with Gasteiger partial charge in [-0.1, -0.05) is 48.5 Å². The van der Waals surface area contributed by atoms with Gasteiger partial charge >= 0.3 is 6.03 Å². The van der Waals surface area contributed by atoms with Crippen LogP contribution in [-0.2, 0) is 16.9 Å². The Labute approximate surface area is 174 Å². The number of para-hydroxylation sites is 2. The molecule has 1 unspecified atom stereocenters. The average molecular weight is 397 g/mol. The Morgan fingerprint density at radius 3 is 2.33 bits per heavy atom. The smallest absolute Gasteiger partial charge is 0.325 e. The molecule has 3 aromatic rings. The van der Waals surface area contributed by atoms with Crippen LogP contribution >= 0.6 is 0 Å². The second-order valence-electron chi connectivity index (χ2n) is 7.16. The van der Waals surface area contributed by atoms with Gasteiger partial charge < -0.3 is 10.1 Å². The molecule has 1 aliphatic rings. The van der Waals surface area contributed by atoms with E-state index in [4.69, 9.17) is 10.00 Å². The van der Waals surface area contributed by atoms with Gasteiger partial charge in [-0.15, -0.1) is 0 Å². The number of nitrogens with zero attached hydrogens (tertiary/aromatic N) is 2. The Hall–Kier alpha value is -4.11. The third-order valence-corrected chi connectivity index (χ3v) is 5.14. The lowest BCUT2D eigenvalue weighted by molar-refractivity contribution is -0.131. The van der Waals surface area contributed by atoms with Gasteiger partial charge in [-0.3, -0.25) is 9.69 Å². The Balaban J connectivity index is 1.59. The van der Waals surface area contributed by atoms with Gasteiger partial charge in [0.25, 0.3) is 5.91 Å². The molecule has 6 heteroatoms. The van der Waals surface area contributed by atoms with Gasteiger partial charge in [0, 0.05) is 5.56 Å². The van der Waals surface area contributed by atoms with Crippen molar-refractivity contribution in [1.29, 1.82) is 5.26 Å². The Morgan fingerprint density at radius 1 is 0.967 bits per heavy atom. The molecular weight excluding hydrogens is 378 g/mol. The van der Waals surface area contributed by atoms with Gasteiger partial charge in [-0.2, -0.15) is 5.26 Å². The van der Waals surface area contributed by atoms with Crippen LogP contribution in [0.5, 0.6) is 11.5 Å². The van der Waals surface area contributed by atoms with E-state index in [-0.39, 0.29) is 12.5 Å². The number of imide groups is 1. The van der Waals surface area contributed by atoms with E-state index in [9.17, 15) is 9.59 Å². The molecule has 6 nitrogen and oxygen atoms in total. The van der Waals surface area contributed by atoms with Crippen molar-refractivity contribution < 1.29 is 14.3 Å². The van der Waals surface area contributed by atoms with Crippen molar-refractivity contribution in [3.63, 3.8) is 0 Å². The topological polar surface area (TPSA) is 82.4 Å². The summed E-state index contributed by atoms with van der Waals surface area (Å²) >= 11 is 0. The molecule has 1 heterocycles. The zero-order valence-electron chi connectivity index (χ0n) is 16.3. The minimum Gasteiger partial charge on any atom is -0.457 e. The minimum absolute atomic E-state index is 0.0829. The first kappa shape index (κ1) is 19.2. The van der Waals surface area contributed by atoms with Gasteiger partial charge in [0.05, 0.1) is 18.2 Å². The monoisotopic (exact) mass is 397 g/mol. The summed E-state index contributed by atoms with van der Waals surface area (Å²) in [5.41, 5.74) is 0.633. The summed E-state index contributed by atoms with van der Waals surface area (Å²) in [5.74, 6) is 0.896. The maximum Gasteiger partial charge on any atom is 0.325 e. The quantitative estimate of drug-likeness (QED) is 0.650. The number of carbonyl (C=O) groups excluding carboxylic acids is 2. The number of benzene rings is 3. The highest BCUT2D eigenvalue weighted by molar-refractivity contribution is 6.07. The van der Waals surface area contributed by atoms with Crippen LogP contribution in [0.3, 0.4) is 0 Å². The summed E-state index contributed by atoms with van der Waals surface area (Å²) in [6.07, 6.45) is 0. The van der Waals surface area contributed by atoms with E-state index in [2.05, 4.69) is 5.32 Å². The number of hydrogen-bond acceptors (Lipinski definition) is 4. The Morgan fingerprint density at radius 2 is 1.63 bits per heavy atom. The van der Waals surface area contributed by atoms with Crippen molar-refractivity contribution in [3.05, 3.63) is 95.6 Å². The predicted octanol–water partition coefficient (Wildman–Crippen LogP) is 4.32. The number of urea groups is 1. The Kier molecular flexibility index (Phi) is 4.95. The lowest BCUT2D eigenvalue weighted by atomic mass is 9.91. The molecule has 3 amide bonds. The predicted molar refractivity (Wildman–Crippen MR) is 111 cm³/mol. The summed E-state index contributed by atoms with van der Waals surface area (Å²) < 4.78 is 5.95. The largest absolute Gasteiger partial charge is 0.457 e. The molecule has 0 spiro atoms. The fraction of sp³-hybridized carbons (Fsp3) is 0.125. The summed E-state index contributed by atoms with van der Waals surface area (Å²) in [6.45, 7) is 1.75. The van der Waals surface area contributed by atoms with Crippen molar-refractivity contribution in [2.45, 2.75) is 19.0 Å². The zero-order valence-corrected chi connectivity index (χ0v) is 16.3. The summed E-state index contributed by atoms with van der Waals surface area (Å²) in [4.78, 5) is 27.1. The van der Waals surface area contributed by atoms with Crippen LogP contribution < -0.4 is 10.1 Å². The lowest BCUT2D eigenvalue weighted by Gasteiger charge is -2.22. The molecule has 1 atom stereocenters. The van der Waals surface area contributed by atoms with E-state index in [0.29, 0.717) is 28.2 Å². The number of hydrogen-bond donors (Lipinski definition) is 1. The fourth-order valence-electron chi connectivity index (χ4n) is 3.43. The first-order valence-corrected chi connectivity index (χ1v) is 9.47. The third kappa shape index (κ3) is 3.49. The fourth-order valence-corrected chi connectivity index (χ4v) is 3.43. The standard InChI is InChI=1S/C24H19N3O3/c1-24(19-13-11-17(15-25)12-14-19)22(28)27(23(29)26-24)16-18-7-5-6-10-21(18)30-20-8-3-2-4-9-20/h2-14H,16H2,1H3,(H,26,29). The minimum atomic E-state index is -1.19. The first-order valence-electron chi connectivity index (χ1n) is 9.47. The SMILES string of the molecule is CC1(c2ccc(C#N)cc2)NC(=O)N(Cc2ccccc2Oc2ccccc2)C1=O. The van der Waals surface area contributed by atoms with Crippen LogP contribution in [0.4, 0.5) is 4.79 Å². The molecular formula is C24H19N3O3. The van der Waals surface area contributed by atoms with E-state index >= 15 is 0 Å². The van der Waals surface area contributed by atoms with Crippen molar-refractivity contribution >= 4 is 11.9 Å². The highest BCUT2D eigenvalue weighted by Gasteiger charge is 2.49. The van der Waals surface area contributed by atoms with E-state index in [1.54, 1.807) is 37.3 Å². The molecule has 30 heavy (non-hydrogen) atoms. The second kappa shape index (κ2) is 7.72. The van der Waals surface area contributed by atoms with E-state index < -0.39 is 11.6 Å². The maximum absolute atomic E-state index is 13.2. The number of nitriles is 1. The number of nitrogens with one attached hydrogen (secondary N) is 1. The molecule has 1 N–H and O–H groups in total. The summed E-state index contributed by atoms with van der Waals surface area (Å²) in [7, 11) is 0. The molecule has 4 rings (SSSR count). The molecule has 0 aliphatic carbocycles. The normalized spacial score (nSPS) is 18.1. The highest BCUT2D eigenvalue weighted by Crippen LogP contribution is 2.32. The van der Waals surface area contributed by atoms with E-state index in [1.165, 1.54) is 4.90 Å². The second-order valence-corrected chi connectivity index (χ2v) is 7.16. The van der Waals surface area contributed by atoms with Crippen molar-refractivity contribution in [2.24, 2.45) is 0 Å². The van der Waals surface area contributed by atoms with Crippen LogP contribution in [0.2, 0.25) is 0 Å². The number of ether oxygens (including phenoxy) is 1. The lowest BCUT2D eigenvalue weighted by Crippen LogP contribution is -2.40. The van der Waals surface area contributed by atoms with Crippen LogP contribution in [0.15, 0.2) is 78.9 Å². The van der Waals surface area contributed by atoms with Crippen LogP contribution in [0, 0.1) is 11.3 Å². The van der Waals surface area contributed by atoms with Crippen LogP contribution in [0.25, 0.3) is 0 Å². The van der Waals surface area contributed by atoms with Crippen LogP contribution in [-0.4, -0.2) is 16.8 Å². The highest BCUT2D eigenvalue weighted by atomic mass is 16.5. The van der Waals surface area contributed by atoms with Crippen molar-refractivity contribution in [2.75, 3.05) is 0 Å². The number of rotatable bonds is 5. The maximum atomic E-state index is 13.2. The molecule has 0 radical (unpaired) electrons. The average Bonchev–Trinajstić information content (AvgIpc) is 2.99. The molecule has 0 aromatic heterocycles. The van der Waals surface area contributed by atoms with Gasteiger partial charge in [0.1, 0.15) is 17.0 Å². The first-order chi connectivity index (χ1) is 14.5. The summed E-state index contributed by atoms with van der Waals surface area (Å²) in [6, 6.07) is 24.9. The molecule has 1 aliphatic heterocycles. The van der Waals surface area contributed by atoms with E-state index in [0.717, 1.165) is 0 Å².